The Kier molecular flexibility index (Phi) is 3.96. The van der Waals surface area contributed by atoms with Crippen LogP contribution in [0, 0.1) is 0 Å². The SMILES string of the molecule is Cn1c(Cl)cnc1-c1ccc(OCc2nc3ccccc3s2)cc1. The number of hydrogen-bond donors (Lipinski definition) is 0. The number of thiazole rings is 1. The summed E-state index contributed by atoms with van der Waals surface area (Å²) in [6.07, 6.45) is 1.65. The van der Waals surface area contributed by atoms with Crippen molar-refractivity contribution in [2.75, 3.05) is 0 Å². The summed E-state index contributed by atoms with van der Waals surface area (Å²) in [5, 5.41) is 1.58. The molecule has 0 radical (unpaired) electrons. The van der Waals surface area contributed by atoms with Crippen molar-refractivity contribution in [3.8, 4) is 17.1 Å². The predicted octanol–water partition coefficient (Wildman–Crippen LogP) is 4.93. The number of imidazole rings is 1. The molecule has 120 valence electrons. The van der Waals surface area contributed by atoms with Gasteiger partial charge in [-0.3, -0.25) is 0 Å². The lowest BCUT2D eigenvalue weighted by Gasteiger charge is -2.06. The zero-order valence-electron chi connectivity index (χ0n) is 12.9. The van der Waals surface area contributed by atoms with Crippen LogP contribution >= 0.6 is 22.9 Å². The number of ether oxygens (including phenoxy) is 1. The summed E-state index contributed by atoms with van der Waals surface area (Å²) in [7, 11) is 1.89. The molecule has 2 heterocycles. The van der Waals surface area contributed by atoms with Gasteiger partial charge in [-0.15, -0.1) is 11.3 Å². The van der Waals surface area contributed by atoms with Gasteiger partial charge in [-0.1, -0.05) is 23.7 Å². The van der Waals surface area contributed by atoms with Gasteiger partial charge in [-0.05, 0) is 36.4 Å². The summed E-state index contributed by atoms with van der Waals surface area (Å²) in [4.78, 5) is 8.89. The highest BCUT2D eigenvalue weighted by atomic mass is 35.5. The fourth-order valence-corrected chi connectivity index (χ4v) is 3.49. The maximum atomic E-state index is 6.03. The van der Waals surface area contributed by atoms with E-state index in [1.165, 1.54) is 4.70 Å². The van der Waals surface area contributed by atoms with E-state index in [1.807, 2.05) is 54.1 Å². The van der Waals surface area contributed by atoms with E-state index in [9.17, 15) is 0 Å². The van der Waals surface area contributed by atoms with Crippen molar-refractivity contribution in [1.29, 1.82) is 0 Å². The summed E-state index contributed by atoms with van der Waals surface area (Å²) in [6.45, 7) is 0.465. The lowest BCUT2D eigenvalue weighted by molar-refractivity contribution is 0.306. The van der Waals surface area contributed by atoms with Gasteiger partial charge in [0.05, 0.1) is 16.4 Å². The van der Waals surface area contributed by atoms with E-state index in [0.29, 0.717) is 11.8 Å². The van der Waals surface area contributed by atoms with Gasteiger partial charge in [0.1, 0.15) is 28.3 Å². The van der Waals surface area contributed by atoms with Gasteiger partial charge in [0.15, 0.2) is 0 Å². The smallest absolute Gasteiger partial charge is 0.140 e. The van der Waals surface area contributed by atoms with Crippen molar-refractivity contribution >= 4 is 33.2 Å². The lowest BCUT2D eigenvalue weighted by Crippen LogP contribution is -1.95. The molecule has 2 aromatic heterocycles. The Balaban J connectivity index is 1.48. The van der Waals surface area contributed by atoms with Crippen LogP contribution in [0.1, 0.15) is 5.01 Å². The number of nitrogens with zero attached hydrogens (tertiary/aromatic N) is 3. The first-order valence-corrected chi connectivity index (χ1v) is 8.65. The Labute approximate surface area is 148 Å². The molecule has 0 fully saturated rings. The number of halogens is 1. The Morgan fingerprint density at radius 3 is 2.62 bits per heavy atom. The van der Waals surface area contributed by atoms with E-state index in [1.54, 1.807) is 17.5 Å². The fourth-order valence-electron chi connectivity index (χ4n) is 2.48. The molecular formula is C18H14ClN3OS. The highest BCUT2D eigenvalue weighted by molar-refractivity contribution is 7.18. The van der Waals surface area contributed by atoms with Crippen LogP contribution in [0.3, 0.4) is 0 Å². The van der Waals surface area contributed by atoms with Crippen LogP contribution in [-0.2, 0) is 13.7 Å². The van der Waals surface area contributed by atoms with Gasteiger partial charge in [-0.2, -0.15) is 0 Å². The number of hydrogen-bond acceptors (Lipinski definition) is 4. The van der Waals surface area contributed by atoms with Crippen LogP contribution < -0.4 is 4.74 Å². The van der Waals surface area contributed by atoms with Crippen molar-refractivity contribution in [1.82, 2.24) is 14.5 Å². The van der Waals surface area contributed by atoms with Crippen LogP contribution in [0.5, 0.6) is 5.75 Å². The standard InChI is InChI=1S/C18H14ClN3OS/c1-22-16(19)10-20-18(22)12-6-8-13(9-7-12)23-11-17-21-14-4-2-3-5-15(14)24-17/h2-10H,11H2,1H3. The molecule has 4 nitrogen and oxygen atoms in total. The zero-order chi connectivity index (χ0) is 16.5. The summed E-state index contributed by atoms with van der Waals surface area (Å²) in [6, 6.07) is 15.9. The highest BCUT2D eigenvalue weighted by Crippen LogP contribution is 2.25. The first-order chi connectivity index (χ1) is 11.7. The quantitative estimate of drug-likeness (QED) is 0.521. The Bertz CT molecular complexity index is 958. The van der Waals surface area contributed by atoms with Gasteiger partial charge in [0, 0.05) is 12.6 Å². The molecule has 6 heteroatoms. The summed E-state index contributed by atoms with van der Waals surface area (Å²) in [5.41, 5.74) is 2.01. The summed E-state index contributed by atoms with van der Waals surface area (Å²) < 4.78 is 8.87. The van der Waals surface area contributed by atoms with Crippen molar-refractivity contribution in [2.45, 2.75) is 6.61 Å². The van der Waals surface area contributed by atoms with E-state index in [0.717, 1.165) is 27.7 Å². The molecule has 0 aliphatic rings. The van der Waals surface area contributed by atoms with Crippen molar-refractivity contribution in [3.05, 3.63) is 64.9 Å². The third-order valence-electron chi connectivity index (χ3n) is 3.74. The fraction of sp³-hybridized carbons (Fsp3) is 0.111. The maximum Gasteiger partial charge on any atom is 0.140 e. The molecule has 24 heavy (non-hydrogen) atoms. The molecule has 0 saturated heterocycles. The van der Waals surface area contributed by atoms with Gasteiger partial charge < -0.3 is 9.30 Å². The molecule has 4 rings (SSSR count). The molecule has 2 aromatic carbocycles. The average molecular weight is 356 g/mol. The van der Waals surface area contributed by atoms with Gasteiger partial charge >= 0.3 is 0 Å². The average Bonchev–Trinajstić information content (AvgIpc) is 3.17. The molecule has 0 N–H and O–H groups in total. The lowest BCUT2D eigenvalue weighted by atomic mass is 10.2. The number of rotatable bonds is 4. The Morgan fingerprint density at radius 2 is 1.92 bits per heavy atom. The van der Waals surface area contributed by atoms with Crippen LogP contribution in [0.15, 0.2) is 54.7 Å². The van der Waals surface area contributed by atoms with E-state index in [-0.39, 0.29) is 0 Å². The van der Waals surface area contributed by atoms with E-state index in [2.05, 4.69) is 16.0 Å². The Morgan fingerprint density at radius 1 is 1.12 bits per heavy atom. The van der Waals surface area contributed by atoms with Gasteiger partial charge in [0.25, 0.3) is 0 Å². The van der Waals surface area contributed by atoms with Crippen molar-refractivity contribution in [3.63, 3.8) is 0 Å². The molecule has 0 bridgehead atoms. The first kappa shape index (κ1) is 15.2. The zero-order valence-corrected chi connectivity index (χ0v) is 14.5. The highest BCUT2D eigenvalue weighted by Gasteiger charge is 2.08. The second-order valence-electron chi connectivity index (χ2n) is 5.35. The monoisotopic (exact) mass is 355 g/mol. The maximum absolute atomic E-state index is 6.03. The molecule has 0 aliphatic heterocycles. The van der Waals surface area contributed by atoms with E-state index in [4.69, 9.17) is 16.3 Å². The minimum atomic E-state index is 0.465. The van der Waals surface area contributed by atoms with E-state index >= 15 is 0 Å². The third kappa shape index (κ3) is 2.88. The van der Waals surface area contributed by atoms with E-state index < -0.39 is 0 Å². The molecule has 0 unspecified atom stereocenters. The number of fused-ring (bicyclic) bond motifs is 1. The minimum Gasteiger partial charge on any atom is -0.486 e. The third-order valence-corrected chi connectivity index (χ3v) is 5.11. The van der Waals surface area contributed by atoms with Gasteiger partial charge in [-0.25, -0.2) is 9.97 Å². The van der Waals surface area contributed by atoms with Crippen LogP contribution in [-0.4, -0.2) is 14.5 Å². The molecule has 0 atom stereocenters. The first-order valence-electron chi connectivity index (χ1n) is 7.45. The number of aromatic nitrogens is 3. The predicted molar refractivity (Wildman–Crippen MR) is 97.6 cm³/mol. The molecular weight excluding hydrogens is 342 g/mol. The van der Waals surface area contributed by atoms with Crippen molar-refractivity contribution < 1.29 is 4.74 Å². The molecule has 0 aliphatic carbocycles. The molecule has 4 aromatic rings. The van der Waals surface area contributed by atoms with Gasteiger partial charge in [0.2, 0.25) is 0 Å². The summed E-state index contributed by atoms with van der Waals surface area (Å²) in [5.74, 6) is 1.64. The molecule has 0 saturated carbocycles. The van der Waals surface area contributed by atoms with Crippen LogP contribution in [0.2, 0.25) is 5.15 Å². The Hall–Kier alpha value is -2.37. The number of benzene rings is 2. The molecule has 0 amide bonds. The molecule has 0 spiro atoms. The van der Waals surface area contributed by atoms with Crippen molar-refractivity contribution in [2.24, 2.45) is 7.05 Å². The largest absolute Gasteiger partial charge is 0.486 e. The minimum absolute atomic E-state index is 0.465. The van der Waals surface area contributed by atoms with Crippen LogP contribution in [0.4, 0.5) is 0 Å². The topological polar surface area (TPSA) is 39.9 Å². The van der Waals surface area contributed by atoms with Crippen LogP contribution in [0.25, 0.3) is 21.6 Å². The number of para-hydroxylation sites is 1. The second-order valence-corrected chi connectivity index (χ2v) is 6.85. The normalized spacial score (nSPS) is 11.1. The second kappa shape index (κ2) is 6.26. The summed E-state index contributed by atoms with van der Waals surface area (Å²) >= 11 is 7.69.